The Morgan fingerprint density at radius 3 is 2.27 bits per heavy atom. The number of hydrogen-bond donors (Lipinski definition) is 3. The standard InChI is InChI=1S/C26H24ClF4N3O6/c1-32-22(35)12-40-18-7-5-15(11-20(18)39-3)24(36)33-13-25(37,26(29,30)31)21-9-8-19(38-2)23(34-21)14-4-6-17(28)16(27)10-14/h4-11,37H,12-13H2,1-3H3,(H,32,35)(H,33,36). The number of ether oxygens (including phenoxy) is 3. The Kier molecular flexibility index (Phi) is 9.43. The highest BCUT2D eigenvalue weighted by Gasteiger charge is 2.56. The molecule has 14 heteroatoms. The van der Waals surface area contributed by atoms with Crippen LogP contribution in [-0.2, 0) is 10.4 Å². The van der Waals surface area contributed by atoms with Gasteiger partial charge in [0, 0.05) is 18.2 Å². The fourth-order valence-corrected chi connectivity index (χ4v) is 3.66. The van der Waals surface area contributed by atoms with Crippen molar-refractivity contribution < 1.29 is 46.5 Å². The Balaban J connectivity index is 1.91. The van der Waals surface area contributed by atoms with Crippen LogP contribution < -0.4 is 24.8 Å². The summed E-state index contributed by atoms with van der Waals surface area (Å²) >= 11 is 5.82. The van der Waals surface area contributed by atoms with Crippen molar-refractivity contribution in [2.75, 3.05) is 34.4 Å². The van der Waals surface area contributed by atoms with Crippen molar-refractivity contribution in [2.24, 2.45) is 0 Å². The highest BCUT2D eigenvalue weighted by molar-refractivity contribution is 6.31. The number of methoxy groups -OCH3 is 2. The first-order valence-electron chi connectivity index (χ1n) is 11.4. The molecule has 0 spiro atoms. The number of nitrogens with one attached hydrogen (secondary N) is 2. The van der Waals surface area contributed by atoms with Crippen molar-refractivity contribution in [1.82, 2.24) is 15.6 Å². The topological polar surface area (TPSA) is 119 Å². The molecule has 0 aliphatic carbocycles. The number of hydrogen-bond acceptors (Lipinski definition) is 7. The molecule has 3 N–H and O–H groups in total. The number of carbonyl (C=O) groups excluding carboxylic acids is 2. The summed E-state index contributed by atoms with van der Waals surface area (Å²) in [7, 11) is 3.94. The molecule has 0 bridgehead atoms. The lowest BCUT2D eigenvalue weighted by Crippen LogP contribution is -2.51. The van der Waals surface area contributed by atoms with Crippen LogP contribution >= 0.6 is 11.6 Å². The number of carbonyl (C=O) groups is 2. The van der Waals surface area contributed by atoms with Gasteiger partial charge in [-0.3, -0.25) is 9.59 Å². The average Bonchev–Trinajstić information content (AvgIpc) is 2.94. The van der Waals surface area contributed by atoms with Gasteiger partial charge in [-0.2, -0.15) is 13.2 Å². The maximum Gasteiger partial charge on any atom is 0.424 e. The van der Waals surface area contributed by atoms with Crippen molar-refractivity contribution in [2.45, 2.75) is 11.8 Å². The number of halogens is 5. The molecule has 40 heavy (non-hydrogen) atoms. The van der Waals surface area contributed by atoms with E-state index >= 15 is 0 Å². The summed E-state index contributed by atoms with van der Waals surface area (Å²) in [5, 5.41) is 15.0. The van der Waals surface area contributed by atoms with E-state index in [0.717, 1.165) is 24.3 Å². The second-order valence-corrected chi connectivity index (χ2v) is 8.65. The zero-order chi connectivity index (χ0) is 29.7. The largest absolute Gasteiger partial charge is 0.494 e. The molecular formula is C26H24ClF4N3O6. The molecule has 1 atom stereocenters. The number of likely N-dealkylation sites (N-methyl/N-ethyl adjacent to an activating group) is 1. The average molecular weight is 586 g/mol. The number of aromatic nitrogens is 1. The van der Waals surface area contributed by atoms with Crippen LogP contribution in [0.5, 0.6) is 17.2 Å². The third-order valence-electron chi connectivity index (χ3n) is 5.73. The predicted molar refractivity (Wildman–Crippen MR) is 136 cm³/mol. The first-order valence-corrected chi connectivity index (χ1v) is 11.8. The lowest BCUT2D eigenvalue weighted by molar-refractivity contribution is -0.265. The van der Waals surface area contributed by atoms with Gasteiger partial charge in [0.2, 0.25) is 5.60 Å². The summed E-state index contributed by atoms with van der Waals surface area (Å²) in [6.07, 6.45) is -5.28. The van der Waals surface area contributed by atoms with Gasteiger partial charge in [-0.15, -0.1) is 0 Å². The van der Waals surface area contributed by atoms with E-state index < -0.39 is 41.6 Å². The van der Waals surface area contributed by atoms with Gasteiger partial charge in [0.1, 0.15) is 17.3 Å². The van der Waals surface area contributed by atoms with Crippen molar-refractivity contribution >= 4 is 23.4 Å². The number of pyridine rings is 1. The van der Waals surface area contributed by atoms with Crippen molar-refractivity contribution in [1.29, 1.82) is 0 Å². The molecule has 0 aliphatic rings. The van der Waals surface area contributed by atoms with E-state index in [-0.39, 0.29) is 45.7 Å². The van der Waals surface area contributed by atoms with E-state index in [2.05, 4.69) is 15.6 Å². The van der Waals surface area contributed by atoms with Crippen LogP contribution in [0.1, 0.15) is 16.1 Å². The van der Waals surface area contributed by atoms with E-state index in [0.29, 0.717) is 0 Å². The number of benzene rings is 2. The fourth-order valence-electron chi connectivity index (χ4n) is 3.48. The summed E-state index contributed by atoms with van der Waals surface area (Å²) in [6, 6.07) is 9.18. The minimum absolute atomic E-state index is 0.0332. The molecule has 2 aromatic carbocycles. The zero-order valence-corrected chi connectivity index (χ0v) is 22.1. The molecule has 0 saturated carbocycles. The van der Waals surface area contributed by atoms with Crippen LogP contribution in [0.2, 0.25) is 5.02 Å². The van der Waals surface area contributed by atoms with Crippen molar-refractivity contribution in [3.8, 4) is 28.5 Å². The molecule has 1 unspecified atom stereocenters. The minimum atomic E-state index is -5.28. The molecular weight excluding hydrogens is 562 g/mol. The normalized spacial score (nSPS) is 12.7. The fraction of sp³-hybridized carbons (Fsp3) is 0.269. The lowest BCUT2D eigenvalue weighted by Gasteiger charge is -2.30. The Morgan fingerprint density at radius 2 is 1.68 bits per heavy atom. The first-order chi connectivity index (χ1) is 18.8. The van der Waals surface area contributed by atoms with Crippen LogP contribution in [0.15, 0.2) is 48.5 Å². The van der Waals surface area contributed by atoms with E-state index in [1.165, 1.54) is 45.5 Å². The number of aliphatic hydroxyl groups is 1. The third kappa shape index (κ3) is 6.54. The molecule has 0 radical (unpaired) electrons. The van der Waals surface area contributed by atoms with Crippen molar-refractivity contribution in [3.05, 3.63) is 70.6 Å². The van der Waals surface area contributed by atoms with Gasteiger partial charge in [0.25, 0.3) is 11.8 Å². The quantitative estimate of drug-likeness (QED) is 0.309. The van der Waals surface area contributed by atoms with Gasteiger partial charge in [-0.25, -0.2) is 9.37 Å². The molecule has 1 heterocycles. The Morgan fingerprint density at radius 1 is 1.00 bits per heavy atom. The molecule has 0 fully saturated rings. The second-order valence-electron chi connectivity index (χ2n) is 8.24. The van der Waals surface area contributed by atoms with Crippen LogP contribution in [0.4, 0.5) is 17.6 Å². The molecule has 3 rings (SSSR count). The summed E-state index contributed by atoms with van der Waals surface area (Å²) in [5.41, 5.74) is -4.61. The molecule has 0 aliphatic heterocycles. The maximum absolute atomic E-state index is 14.2. The van der Waals surface area contributed by atoms with Crippen LogP contribution in [0.3, 0.4) is 0 Å². The molecule has 1 aromatic heterocycles. The minimum Gasteiger partial charge on any atom is -0.494 e. The van der Waals surface area contributed by atoms with Gasteiger partial charge < -0.3 is 30.0 Å². The highest BCUT2D eigenvalue weighted by atomic mass is 35.5. The lowest BCUT2D eigenvalue weighted by atomic mass is 9.96. The van der Waals surface area contributed by atoms with Crippen LogP contribution in [0, 0.1) is 5.82 Å². The zero-order valence-electron chi connectivity index (χ0n) is 21.4. The third-order valence-corrected chi connectivity index (χ3v) is 6.02. The van der Waals surface area contributed by atoms with Crippen LogP contribution in [0.25, 0.3) is 11.3 Å². The Labute approximate surface area is 231 Å². The second kappa shape index (κ2) is 12.4. The summed E-state index contributed by atoms with van der Waals surface area (Å²) in [6.45, 7) is -1.65. The first kappa shape index (κ1) is 30.4. The monoisotopic (exact) mass is 585 g/mol. The molecule has 3 aromatic rings. The van der Waals surface area contributed by atoms with Gasteiger partial charge in [-0.1, -0.05) is 11.6 Å². The maximum atomic E-state index is 14.2. The predicted octanol–water partition coefficient (Wildman–Crippen LogP) is 3.86. The number of rotatable bonds is 10. The Bertz CT molecular complexity index is 1410. The molecule has 9 nitrogen and oxygen atoms in total. The van der Waals surface area contributed by atoms with Gasteiger partial charge in [0.05, 0.1) is 31.5 Å². The smallest absolute Gasteiger partial charge is 0.424 e. The van der Waals surface area contributed by atoms with Crippen LogP contribution in [-0.4, -0.2) is 62.5 Å². The summed E-state index contributed by atoms with van der Waals surface area (Å²) < 4.78 is 71.9. The van der Waals surface area contributed by atoms with E-state index in [1.54, 1.807) is 0 Å². The number of amides is 2. The van der Waals surface area contributed by atoms with Crippen molar-refractivity contribution in [3.63, 3.8) is 0 Å². The number of alkyl halides is 3. The highest BCUT2D eigenvalue weighted by Crippen LogP contribution is 2.40. The summed E-state index contributed by atoms with van der Waals surface area (Å²) in [5.74, 6) is -1.96. The van der Waals surface area contributed by atoms with Gasteiger partial charge in [-0.05, 0) is 48.5 Å². The molecule has 214 valence electrons. The van der Waals surface area contributed by atoms with E-state index in [1.807, 2.05) is 0 Å². The van der Waals surface area contributed by atoms with E-state index in [9.17, 15) is 32.3 Å². The van der Waals surface area contributed by atoms with Gasteiger partial charge in [0.15, 0.2) is 18.1 Å². The summed E-state index contributed by atoms with van der Waals surface area (Å²) in [4.78, 5) is 28.1. The number of nitrogens with zero attached hydrogens (tertiary/aromatic N) is 1. The SMILES string of the molecule is CNC(=O)COc1ccc(C(=O)NCC(O)(c2ccc(OC)c(-c3ccc(F)c(Cl)c3)n2)C(F)(F)F)cc1OC. The van der Waals surface area contributed by atoms with Gasteiger partial charge >= 0.3 is 6.18 Å². The van der Waals surface area contributed by atoms with E-state index in [4.69, 9.17) is 25.8 Å². The molecule has 2 amide bonds. The Hall–Kier alpha value is -4.10. The molecule has 0 saturated heterocycles.